The molecule has 0 saturated carbocycles. The lowest BCUT2D eigenvalue weighted by molar-refractivity contribution is -0.115. The number of hydrogen-bond donors (Lipinski definition) is 1. The van der Waals surface area contributed by atoms with Gasteiger partial charge in [0.05, 0.1) is 4.47 Å². The van der Waals surface area contributed by atoms with Gasteiger partial charge in [-0.3, -0.25) is 4.79 Å². The van der Waals surface area contributed by atoms with Crippen molar-refractivity contribution >= 4 is 43.3 Å². The molecule has 0 aliphatic rings. The fourth-order valence-electron chi connectivity index (χ4n) is 1.59. The van der Waals surface area contributed by atoms with E-state index in [9.17, 15) is 18.0 Å². The maximum Gasteiger partial charge on any atom is 0.405 e. The summed E-state index contributed by atoms with van der Waals surface area (Å²) in [6, 6.07) is 0. The number of anilines is 1. The highest BCUT2D eigenvalue weighted by molar-refractivity contribution is 9.11. The molecular weight excluding hydrogens is 407 g/mol. The van der Waals surface area contributed by atoms with E-state index in [1.165, 1.54) is 6.20 Å². The number of nitrogens with one attached hydrogen (secondary N) is 1. The summed E-state index contributed by atoms with van der Waals surface area (Å²) in [7, 11) is 0. The van der Waals surface area contributed by atoms with Crippen LogP contribution in [-0.2, 0) is 0 Å². The summed E-state index contributed by atoms with van der Waals surface area (Å²) in [6.45, 7) is 0.445. The van der Waals surface area contributed by atoms with E-state index in [2.05, 4.69) is 42.2 Å². The van der Waals surface area contributed by atoms with Crippen LogP contribution in [-0.4, -0.2) is 22.1 Å². The predicted octanol–water partition coefficient (Wildman–Crippen LogP) is 3.50. The van der Waals surface area contributed by atoms with E-state index in [4.69, 9.17) is 0 Å². The topological polar surface area (TPSA) is 46.4 Å². The second-order valence-electron chi connectivity index (χ2n) is 4.09. The van der Waals surface area contributed by atoms with Gasteiger partial charge in [-0.15, -0.1) is 0 Å². The maximum atomic E-state index is 12.2. The Morgan fingerprint density at radius 3 is 2.60 bits per heavy atom. The van der Waals surface area contributed by atoms with Crippen molar-refractivity contribution in [3.8, 4) is 0 Å². The molecule has 0 saturated heterocycles. The highest BCUT2D eigenvalue weighted by Crippen LogP contribution is 2.22. The van der Waals surface area contributed by atoms with Crippen LogP contribution in [0.1, 0.15) is 5.56 Å². The third-order valence-electron chi connectivity index (χ3n) is 2.49. The average molecular weight is 415 g/mol. The number of aryl methyl sites for hydroxylation is 1. The van der Waals surface area contributed by atoms with Crippen molar-refractivity contribution in [3.05, 3.63) is 37.1 Å². The molecule has 2 heterocycles. The number of nitrogens with zero attached hydrogens (tertiary/aromatic N) is 2. The molecule has 0 radical (unpaired) electrons. The van der Waals surface area contributed by atoms with Crippen LogP contribution >= 0.6 is 31.9 Å². The summed E-state index contributed by atoms with van der Waals surface area (Å²) < 4.78 is 38.7. The molecule has 0 bridgehead atoms. The van der Waals surface area contributed by atoms with Crippen LogP contribution in [0.3, 0.4) is 0 Å². The zero-order chi connectivity index (χ0) is 15.1. The maximum absolute atomic E-state index is 12.2. The summed E-state index contributed by atoms with van der Waals surface area (Å²) in [5.41, 5.74) is 0.459. The van der Waals surface area contributed by atoms with E-state index in [1.54, 1.807) is 17.5 Å². The molecule has 4 nitrogen and oxygen atoms in total. The first-order chi connectivity index (χ1) is 9.19. The smallest absolute Gasteiger partial charge is 0.361 e. The second kappa shape index (κ2) is 5.36. The Hall–Kier alpha value is -1.09. The van der Waals surface area contributed by atoms with Crippen molar-refractivity contribution in [2.75, 3.05) is 11.9 Å². The van der Waals surface area contributed by atoms with Crippen LogP contribution in [0.15, 0.2) is 26.1 Å². The lowest BCUT2D eigenvalue weighted by atomic mass is 10.3. The van der Waals surface area contributed by atoms with Gasteiger partial charge in [-0.1, -0.05) is 0 Å². The Morgan fingerprint density at radius 2 is 2.00 bits per heavy atom. The van der Waals surface area contributed by atoms with Crippen LogP contribution in [0.5, 0.6) is 0 Å². The molecule has 108 valence electrons. The van der Waals surface area contributed by atoms with Crippen LogP contribution < -0.4 is 10.7 Å². The van der Waals surface area contributed by atoms with Crippen LogP contribution in [0, 0.1) is 6.92 Å². The van der Waals surface area contributed by atoms with Gasteiger partial charge in [-0.05, 0) is 38.8 Å². The lowest BCUT2D eigenvalue weighted by Gasteiger charge is -2.13. The van der Waals surface area contributed by atoms with E-state index < -0.39 is 12.7 Å². The van der Waals surface area contributed by atoms with Gasteiger partial charge in [0.25, 0.3) is 0 Å². The molecule has 2 aromatic rings. The van der Waals surface area contributed by atoms with Crippen molar-refractivity contribution < 1.29 is 13.2 Å². The van der Waals surface area contributed by atoms with Crippen molar-refractivity contribution in [1.29, 1.82) is 0 Å². The predicted molar refractivity (Wildman–Crippen MR) is 76.1 cm³/mol. The van der Waals surface area contributed by atoms with Crippen LogP contribution in [0.25, 0.3) is 5.65 Å². The Labute approximate surface area is 128 Å². The summed E-state index contributed by atoms with van der Waals surface area (Å²) in [5.74, 6) is 0.0877. The SMILES string of the molecule is Cc1cn2cc(Br)c(=O)c(Br)c2nc1NCC(F)(F)F. The summed E-state index contributed by atoms with van der Waals surface area (Å²) in [6.07, 6.45) is -1.23. The van der Waals surface area contributed by atoms with Gasteiger partial charge in [0.2, 0.25) is 5.43 Å². The van der Waals surface area contributed by atoms with Gasteiger partial charge in [-0.25, -0.2) is 4.98 Å². The molecule has 0 unspecified atom stereocenters. The fraction of sp³-hybridized carbons (Fsp3) is 0.273. The van der Waals surface area contributed by atoms with Crippen molar-refractivity contribution in [2.24, 2.45) is 0 Å². The number of fused-ring (bicyclic) bond motifs is 1. The highest BCUT2D eigenvalue weighted by Gasteiger charge is 2.27. The number of halogens is 5. The molecule has 0 atom stereocenters. The molecule has 0 aliphatic carbocycles. The largest absolute Gasteiger partial charge is 0.405 e. The zero-order valence-corrected chi connectivity index (χ0v) is 13.2. The number of hydrogen-bond acceptors (Lipinski definition) is 3. The Kier molecular flexibility index (Phi) is 4.10. The minimum atomic E-state index is -4.34. The number of rotatable bonds is 2. The molecule has 9 heteroatoms. The first-order valence-electron chi connectivity index (χ1n) is 5.37. The minimum Gasteiger partial charge on any atom is -0.361 e. The molecule has 0 amide bonds. The molecule has 0 aliphatic heterocycles. The first-order valence-corrected chi connectivity index (χ1v) is 6.96. The third-order valence-corrected chi connectivity index (χ3v) is 3.77. The molecule has 0 spiro atoms. The van der Waals surface area contributed by atoms with Gasteiger partial charge in [0, 0.05) is 18.0 Å². The fourth-order valence-corrected chi connectivity index (χ4v) is 2.79. The van der Waals surface area contributed by atoms with E-state index in [0.29, 0.717) is 10.0 Å². The number of alkyl halides is 3. The zero-order valence-electron chi connectivity index (χ0n) is 10.1. The quantitative estimate of drug-likeness (QED) is 0.818. The van der Waals surface area contributed by atoms with E-state index in [1.807, 2.05) is 0 Å². The molecule has 1 N–H and O–H groups in total. The van der Waals surface area contributed by atoms with Crippen molar-refractivity contribution in [3.63, 3.8) is 0 Å². The van der Waals surface area contributed by atoms with E-state index in [-0.39, 0.29) is 21.4 Å². The molecule has 0 aromatic carbocycles. The molecule has 2 rings (SSSR count). The van der Waals surface area contributed by atoms with E-state index in [0.717, 1.165) is 0 Å². The monoisotopic (exact) mass is 413 g/mol. The van der Waals surface area contributed by atoms with Crippen LogP contribution in [0.4, 0.5) is 19.0 Å². The summed E-state index contributed by atoms with van der Waals surface area (Å²) in [5, 5.41) is 2.22. The molecule has 20 heavy (non-hydrogen) atoms. The molecule has 0 fully saturated rings. The molecular formula is C11H8Br2F3N3O. The van der Waals surface area contributed by atoms with Crippen molar-refractivity contribution in [2.45, 2.75) is 13.1 Å². The molecule has 2 aromatic heterocycles. The van der Waals surface area contributed by atoms with Gasteiger partial charge in [0.1, 0.15) is 16.8 Å². The normalized spacial score (nSPS) is 11.9. The second-order valence-corrected chi connectivity index (χ2v) is 5.74. The van der Waals surface area contributed by atoms with Crippen LogP contribution in [0.2, 0.25) is 0 Å². The van der Waals surface area contributed by atoms with E-state index >= 15 is 0 Å². The highest BCUT2D eigenvalue weighted by atomic mass is 79.9. The van der Waals surface area contributed by atoms with Gasteiger partial charge in [-0.2, -0.15) is 13.2 Å². The van der Waals surface area contributed by atoms with Gasteiger partial charge >= 0.3 is 6.18 Å². The Morgan fingerprint density at radius 1 is 1.35 bits per heavy atom. The Balaban J connectivity index is 2.53. The standard InChI is InChI=1S/C11H8Br2F3N3O/c1-5-2-19-3-6(12)8(20)7(13)10(19)18-9(5)17-4-11(14,15)16/h2-3H,4H2,1H3,(H,17,18). The van der Waals surface area contributed by atoms with Gasteiger partial charge in [0.15, 0.2) is 5.65 Å². The number of pyridine rings is 1. The third kappa shape index (κ3) is 3.14. The average Bonchev–Trinajstić information content (AvgIpc) is 2.33. The van der Waals surface area contributed by atoms with Gasteiger partial charge < -0.3 is 9.72 Å². The Bertz CT molecular complexity index is 727. The summed E-state index contributed by atoms with van der Waals surface area (Å²) in [4.78, 5) is 15.8. The lowest BCUT2D eigenvalue weighted by Crippen LogP contribution is -2.22. The number of aromatic nitrogens is 2. The first kappa shape index (κ1) is 15.3. The summed E-state index contributed by atoms with van der Waals surface area (Å²) >= 11 is 6.22. The minimum absolute atomic E-state index is 0.0877. The van der Waals surface area contributed by atoms with Crippen molar-refractivity contribution in [1.82, 2.24) is 9.38 Å².